The Bertz CT molecular complexity index is 860. The summed E-state index contributed by atoms with van der Waals surface area (Å²) in [5.41, 5.74) is 2.72. The maximum absolute atomic E-state index is 12.6. The summed E-state index contributed by atoms with van der Waals surface area (Å²) >= 11 is 5.81. The highest BCUT2D eigenvalue weighted by Gasteiger charge is 2.39. The molecule has 2 aliphatic rings. The first kappa shape index (κ1) is 16.8. The summed E-state index contributed by atoms with van der Waals surface area (Å²) in [7, 11) is 0. The number of carbonyl (C=O) groups excluding carboxylic acids is 2. The number of imide groups is 1. The molecule has 5 nitrogen and oxygen atoms in total. The largest absolute Gasteiger partial charge is 0.487 e. The Kier molecular flexibility index (Phi) is 4.47. The molecule has 132 valence electrons. The van der Waals surface area contributed by atoms with E-state index in [1.54, 1.807) is 42.6 Å². The first-order chi connectivity index (χ1) is 12.6. The van der Waals surface area contributed by atoms with Crippen molar-refractivity contribution in [2.24, 2.45) is 0 Å². The number of amides is 2. The number of rotatable bonds is 4. The summed E-state index contributed by atoms with van der Waals surface area (Å²) in [6.07, 6.45) is 4.91. The molecule has 0 saturated heterocycles. The predicted molar refractivity (Wildman–Crippen MR) is 98.0 cm³/mol. The summed E-state index contributed by atoms with van der Waals surface area (Å²) in [5, 5.41) is 0.578. The van der Waals surface area contributed by atoms with Crippen molar-refractivity contribution in [1.82, 2.24) is 4.98 Å². The van der Waals surface area contributed by atoms with E-state index in [-0.39, 0.29) is 11.8 Å². The van der Waals surface area contributed by atoms with Crippen LogP contribution in [0.1, 0.15) is 31.4 Å². The third-order valence-corrected chi connectivity index (χ3v) is 4.88. The number of benzene rings is 1. The topological polar surface area (TPSA) is 59.5 Å². The van der Waals surface area contributed by atoms with Gasteiger partial charge in [-0.15, -0.1) is 0 Å². The minimum atomic E-state index is -0.177. The van der Waals surface area contributed by atoms with Crippen molar-refractivity contribution < 1.29 is 14.3 Å². The molecule has 1 aromatic carbocycles. The third-order valence-electron chi connectivity index (χ3n) is 4.66. The summed E-state index contributed by atoms with van der Waals surface area (Å²) in [4.78, 5) is 30.6. The zero-order valence-corrected chi connectivity index (χ0v) is 14.8. The van der Waals surface area contributed by atoms with Gasteiger partial charge < -0.3 is 4.74 Å². The van der Waals surface area contributed by atoms with E-state index in [4.69, 9.17) is 16.3 Å². The van der Waals surface area contributed by atoms with Gasteiger partial charge in [0.15, 0.2) is 0 Å². The molecule has 0 bridgehead atoms. The molecular formula is C20H17ClN2O3. The average molecular weight is 369 g/mol. The quantitative estimate of drug-likeness (QED) is 0.763. The maximum atomic E-state index is 12.6. The van der Waals surface area contributed by atoms with Crippen LogP contribution in [0.15, 0.2) is 53.7 Å². The molecule has 2 amide bonds. The number of halogens is 1. The normalized spacial score (nSPS) is 16.9. The zero-order chi connectivity index (χ0) is 18.1. The zero-order valence-electron chi connectivity index (χ0n) is 14.1. The van der Waals surface area contributed by atoms with E-state index < -0.39 is 0 Å². The number of carbonyl (C=O) groups is 2. The van der Waals surface area contributed by atoms with Crippen molar-refractivity contribution in [3.05, 3.63) is 64.5 Å². The fraction of sp³-hybridized carbons (Fsp3) is 0.250. The first-order valence-corrected chi connectivity index (χ1v) is 8.95. The molecule has 0 N–H and O–H groups in total. The van der Waals surface area contributed by atoms with Crippen molar-refractivity contribution in [1.29, 1.82) is 0 Å². The smallest absolute Gasteiger partial charge is 0.261 e. The summed E-state index contributed by atoms with van der Waals surface area (Å²) in [5.74, 6) is 0.287. The molecule has 0 saturated carbocycles. The molecule has 0 radical (unpaired) electrons. The van der Waals surface area contributed by atoms with Crippen LogP contribution in [0.25, 0.3) is 0 Å². The third kappa shape index (κ3) is 3.10. The lowest BCUT2D eigenvalue weighted by Crippen LogP contribution is -2.31. The van der Waals surface area contributed by atoms with Gasteiger partial charge in [0.05, 0.1) is 16.4 Å². The van der Waals surface area contributed by atoms with E-state index in [0.717, 1.165) is 18.5 Å². The van der Waals surface area contributed by atoms with Crippen LogP contribution in [0.3, 0.4) is 0 Å². The van der Waals surface area contributed by atoms with Crippen LogP contribution in [0.5, 0.6) is 5.75 Å². The Morgan fingerprint density at radius 3 is 2.19 bits per heavy atom. The van der Waals surface area contributed by atoms with Crippen molar-refractivity contribution in [2.75, 3.05) is 4.90 Å². The van der Waals surface area contributed by atoms with Crippen LogP contribution in [0.2, 0.25) is 5.02 Å². The van der Waals surface area contributed by atoms with Gasteiger partial charge in [-0.3, -0.25) is 14.6 Å². The molecule has 0 spiro atoms. The minimum Gasteiger partial charge on any atom is -0.487 e. The molecule has 26 heavy (non-hydrogen) atoms. The number of pyridine rings is 1. The van der Waals surface area contributed by atoms with E-state index in [1.807, 2.05) is 0 Å². The molecule has 0 unspecified atom stereocenters. The summed E-state index contributed by atoms with van der Waals surface area (Å²) in [6.45, 7) is 0.313. The van der Waals surface area contributed by atoms with Gasteiger partial charge in [-0.25, -0.2) is 4.90 Å². The highest BCUT2D eigenvalue weighted by molar-refractivity contribution is 6.33. The molecule has 1 aromatic heterocycles. The summed E-state index contributed by atoms with van der Waals surface area (Å²) < 4.78 is 5.69. The highest BCUT2D eigenvalue weighted by Crippen LogP contribution is 2.36. The van der Waals surface area contributed by atoms with Crippen molar-refractivity contribution in [2.45, 2.75) is 32.3 Å². The molecular weight excluding hydrogens is 352 g/mol. The van der Waals surface area contributed by atoms with Crippen LogP contribution in [0, 0.1) is 0 Å². The van der Waals surface area contributed by atoms with Gasteiger partial charge >= 0.3 is 0 Å². The van der Waals surface area contributed by atoms with Crippen LogP contribution in [-0.4, -0.2) is 16.8 Å². The number of hydrogen-bond acceptors (Lipinski definition) is 4. The Labute approximate surface area is 156 Å². The molecule has 1 aliphatic heterocycles. The Hall–Kier alpha value is -2.66. The summed E-state index contributed by atoms with van der Waals surface area (Å²) in [6, 6.07) is 10.5. The SMILES string of the molecule is O=C1C2=C(CCCC2)C(=O)N1c1ccc(OCc2ccc(Cl)cn2)cc1. The number of aromatic nitrogens is 1. The van der Waals surface area contributed by atoms with Crippen molar-refractivity contribution in [3.63, 3.8) is 0 Å². The minimum absolute atomic E-state index is 0.177. The van der Waals surface area contributed by atoms with E-state index in [0.29, 0.717) is 47.1 Å². The molecule has 0 fully saturated rings. The van der Waals surface area contributed by atoms with Gasteiger partial charge in [0.1, 0.15) is 12.4 Å². The lowest BCUT2D eigenvalue weighted by molar-refractivity contribution is -0.120. The van der Waals surface area contributed by atoms with Crippen molar-refractivity contribution in [3.8, 4) is 5.75 Å². The van der Waals surface area contributed by atoms with Gasteiger partial charge in [0.2, 0.25) is 0 Å². The highest BCUT2D eigenvalue weighted by atomic mass is 35.5. The van der Waals surface area contributed by atoms with Crippen molar-refractivity contribution >= 4 is 29.1 Å². The molecule has 2 heterocycles. The predicted octanol–water partition coefficient (Wildman–Crippen LogP) is 4.06. The van der Waals surface area contributed by atoms with Crippen LogP contribution in [0.4, 0.5) is 5.69 Å². The Morgan fingerprint density at radius 2 is 1.62 bits per heavy atom. The van der Waals surface area contributed by atoms with Crippen LogP contribution < -0.4 is 9.64 Å². The lowest BCUT2D eigenvalue weighted by Gasteiger charge is -2.15. The van der Waals surface area contributed by atoms with E-state index in [2.05, 4.69) is 4.98 Å². The molecule has 6 heteroatoms. The van der Waals surface area contributed by atoms with Crippen LogP contribution in [-0.2, 0) is 16.2 Å². The number of nitrogens with zero attached hydrogens (tertiary/aromatic N) is 2. The van der Waals surface area contributed by atoms with Gasteiger partial charge in [-0.05, 0) is 62.1 Å². The first-order valence-electron chi connectivity index (χ1n) is 8.57. The Balaban J connectivity index is 1.45. The second-order valence-electron chi connectivity index (χ2n) is 6.36. The maximum Gasteiger partial charge on any atom is 0.261 e. The number of anilines is 1. The van der Waals surface area contributed by atoms with E-state index >= 15 is 0 Å². The molecule has 2 aromatic rings. The monoisotopic (exact) mass is 368 g/mol. The molecule has 0 atom stereocenters. The van der Waals surface area contributed by atoms with E-state index in [9.17, 15) is 9.59 Å². The lowest BCUT2D eigenvalue weighted by atomic mass is 9.93. The average Bonchev–Trinajstić information content (AvgIpc) is 2.93. The second-order valence-corrected chi connectivity index (χ2v) is 6.80. The fourth-order valence-corrected chi connectivity index (χ4v) is 3.43. The Morgan fingerprint density at radius 1 is 0.962 bits per heavy atom. The van der Waals surface area contributed by atoms with E-state index in [1.165, 1.54) is 4.90 Å². The molecule has 1 aliphatic carbocycles. The fourth-order valence-electron chi connectivity index (χ4n) is 3.31. The van der Waals surface area contributed by atoms with Gasteiger partial charge in [-0.2, -0.15) is 0 Å². The number of hydrogen-bond donors (Lipinski definition) is 0. The van der Waals surface area contributed by atoms with Gasteiger partial charge in [0.25, 0.3) is 11.8 Å². The number of ether oxygens (including phenoxy) is 1. The van der Waals surface area contributed by atoms with Gasteiger partial charge in [0, 0.05) is 17.3 Å². The van der Waals surface area contributed by atoms with Gasteiger partial charge in [-0.1, -0.05) is 11.6 Å². The molecule has 4 rings (SSSR count). The second kappa shape index (κ2) is 6.92. The van der Waals surface area contributed by atoms with Crippen LogP contribution >= 0.6 is 11.6 Å². The standard InChI is InChI=1S/C20H17ClN2O3/c21-13-5-6-14(22-11-13)12-26-16-9-7-15(8-10-16)23-19(24)17-3-1-2-4-18(17)20(23)25/h5-11H,1-4,12H2.